The van der Waals surface area contributed by atoms with Gasteiger partial charge in [0.2, 0.25) is 0 Å². The standard InChI is InChI=1S/C18H33NO3/c1-6-19(7-2)17(14-15(4)20)18(12-10-9-11-13-18)22-16(5)21-8-3/h14,16H,6-13H2,1-5H3/b17-14-. The van der Waals surface area contributed by atoms with Crippen LogP contribution in [0.15, 0.2) is 11.8 Å². The van der Waals surface area contributed by atoms with Crippen LogP contribution in [0.2, 0.25) is 0 Å². The van der Waals surface area contributed by atoms with Crippen molar-refractivity contribution in [3.8, 4) is 0 Å². The molecule has 0 aliphatic heterocycles. The van der Waals surface area contributed by atoms with Crippen molar-refractivity contribution in [3.63, 3.8) is 0 Å². The molecule has 0 heterocycles. The van der Waals surface area contributed by atoms with Gasteiger partial charge in [-0.3, -0.25) is 4.79 Å². The predicted octanol–water partition coefficient (Wildman–Crippen LogP) is 3.90. The molecule has 1 aliphatic carbocycles. The van der Waals surface area contributed by atoms with Crippen LogP contribution >= 0.6 is 0 Å². The molecule has 0 spiro atoms. The quantitative estimate of drug-likeness (QED) is 0.478. The Bertz CT molecular complexity index is 369. The third-order valence-electron chi connectivity index (χ3n) is 4.37. The summed E-state index contributed by atoms with van der Waals surface area (Å²) >= 11 is 0. The molecule has 1 fully saturated rings. The van der Waals surface area contributed by atoms with Gasteiger partial charge in [-0.1, -0.05) is 19.3 Å². The van der Waals surface area contributed by atoms with E-state index in [-0.39, 0.29) is 17.7 Å². The van der Waals surface area contributed by atoms with Crippen LogP contribution in [-0.2, 0) is 14.3 Å². The van der Waals surface area contributed by atoms with Gasteiger partial charge in [-0.05, 0) is 47.5 Å². The zero-order valence-electron chi connectivity index (χ0n) is 15.0. The number of ketones is 1. The first-order valence-electron chi connectivity index (χ1n) is 8.76. The Balaban J connectivity index is 3.15. The lowest BCUT2D eigenvalue weighted by Gasteiger charge is -2.44. The van der Waals surface area contributed by atoms with Crippen molar-refractivity contribution in [2.45, 2.75) is 78.6 Å². The highest BCUT2D eigenvalue weighted by Crippen LogP contribution is 2.40. The van der Waals surface area contributed by atoms with Gasteiger partial charge in [-0.15, -0.1) is 0 Å². The Kier molecular flexibility index (Phi) is 8.12. The smallest absolute Gasteiger partial charge is 0.156 e. The van der Waals surface area contributed by atoms with E-state index in [2.05, 4.69) is 18.7 Å². The average Bonchev–Trinajstić information content (AvgIpc) is 2.48. The maximum atomic E-state index is 11.8. The van der Waals surface area contributed by atoms with Crippen molar-refractivity contribution in [2.24, 2.45) is 0 Å². The molecule has 1 atom stereocenters. The number of rotatable bonds is 9. The molecule has 0 aromatic heterocycles. The summed E-state index contributed by atoms with van der Waals surface area (Å²) in [4.78, 5) is 14.1. The summed E-state index contributed by atoms with van der Waals surface area (Å²) in [5.41, 5.74) is 0.654. The first-order valence-corrected chi connectivity index (χ1v) is 8.76. The first-order chi connectivity index (χ1) is 10.5. The van der Waals surface area contributed by atoms with Gasteiger partial charge < -0.3 is 14.4 Å². The number of likely N-dealkylation sites (N-methyl/N-ethyl adjacent to an activating group) is 1. The molecule has 0 N–H and O–H groups in total. The second-order valence-corrected chi connectivity index (χ2v) is 6.01. The van der Waals surface area contributed by atoms with Crippen molar-refractivity contribution >= 4 is 5.78 Å². The van der Waals surface area contributed by atoms with Crippen LogP contribution in [0.3, 0.4) is 0 Å². The van der Waals surface area contributed by atoms with Crippen LogP contribution in [0, 0.1) is 0 Å². The molecule has 0 aromatic rings. The molecule has 1 rings (SSSR count). The minimum Gasteiger partial charge on any atom is -0.373 e. The van der Waals surface area contributed by atoms with E-state index in [1.165, 1.54) is 6.42 Å². The molecule has 0 bridgehead atoms. The molecule has 22 heavy (non-hydrogen) atoms. The van der Waals surface area contributed by atoms with Crippen LogP contribution in [0.4, 0.5) is 0 Å². The summed E-state index contributed by atoms with van der Waals surface area (Å²) in [7, 11) is 0. The van der Waals surface area contributed by atoms with E-state index in [4.69, 9.17) is 9.47 Å². The van der Waals surface area contributed by atoms with E-state index < -0.39 is 0 Å². The Morgan fingerprint density at radius 1 is 1.18 bits per heavy atom. The fourth-order valence-electron chi connectivity index (χ4n) is 3.41. The lowest BCUT2D eigenvalue weighted by atomic mass is 9.81. The Hall–Kier alpha value is -0.870. The highest BCUT2D eigenvalue weighted by Gasteiger charge is 2.40. The molecule has 128 valence electrons. The van der Waals surface area contributed by atoms with E-state index in [9.17, 15) is 4.79 Å². The Labute approximate surface area is 135 Å². The van der Waals surface area contributed by atoms with E-state index in [0.29, 0.717) is 6.61 Å². The van der Waals surface area contributed by atoms with Crippen LogP contribution in [0.25, 0.3) is 0 Å². The second kappa shape index (κ2) is 9.31. The van der Waals surface area contributed by atoms with E-state index >= 15 is 0 Å². The lowest BCUT2D eigenvalue weighted by molar-refractivity contribution is -0.202. The molecule has 0 radical (unpaired) electrons. The van der Waals surface area contributed by atoms with Crippen molar-refractivity contribution in [2.75, 3.05) is 19.7 Å². The normalized spacial score (nSPS) is 19.8. The van der Waals surface area contributed by atoms with Gasteiger partial charge >= 0.3 is 0 Å². The Morgan fingerprint density at radius 2 is 1.77 bits per heavy atom. The van der Waals surface area contributed by atoms with Gasteiger partial charge in [0.25, 0.3) is 0 Å². The highest BCUT2D eigenvalue weighted by atomic mass is 16.7. The number of allylic oxidation sites excluding steroid dienone is 1. The van der Waals surface area contributed by atoms with Crippen LogP contribution in [0.1, 0.15) is 66.7 Å². The van der Waals surface area contributed by atoms with Crippen molar-refractivity contribution < 1.29 is 14.3 Å². The number of ether oxygens (including phenoxy) is 2. The minimum atomic E-state index is -0.384. The van der Waals surface area contributed by atoms with E-state index in [1.807, 2.05) is 13.8 Å². The molecular formula is C18H33NO3. The van der Waals surface area contributed by atoms with Crippen molar-refractivity contribution in [1.29, 1.82) is 0 Å². The van der Waals surface area contributed by atoms with Crippen LogP contribution in [0.5, 0.6) is 0 Å². The van der Waals surface area contributed by atoms with Crippen LogP contribution in [-0.4, -0.2) is 42.3 Å². The van der Waals surface area contributed by atoms with Gasteiger partial charge in [0.05, 0.1) is 0 Å². The largest absolute Gasteiger partial charge is 0.373 e. The molecule has 0 amide bonds. The molecular weight excluding hydrogens is 278 g/mol. The van der Waals surface area contributed by atoms with Gasteiger partial charge in [0.1, 0.15) is 5.60 Å². The fourth-order valence-corrected chi connectivity index (χ4v) is 3.41. The minimum absolute atomic E-state index is 0.0829. The molecule has 1 aliphatic rings. The molecule has 4 heteroatoms. The van der Waals surface area contributed by atoms with Crippen molar-refractivity contribution in [3.05, 3.63) is 11.8 Å². The summed E-state index contributed by atoms with van der Waals surface area (Å²) in [6.07, 6.45) is 6.94. The molecule has 1 unspecified atom stereocenters. The molecule has 1 saturated carbocycles. The van der Waals surface area contributed by atoms with Gasteiger partial charge in [-0.2, -0.15) is 0 Å². The van der Waals surface area contributed by atoms with Crippen molar-refractivity contribution in [1.82, 2.24) is 4.90 Å². The first kappa shape index (κ1) is 19.2. The highest BCUT2D eigenvalue weighted by molar-refractivity contribution is 5.88. The number of carbonyl (C=O) groups excluding carboxylic acids is 1. The number of hydrogen-bond donors (Lipinski definition) is 0. The summed E-state index contributed by atoms with van der Waals surface area (Å²) < 4.78 is 12.0. The zero-order valence-corrected chi connectivity index (χ0v) is 15.0. The predicted molar refractivity (Wildman–Crippen MR) is 89.7 cm³/mol. The Morgan fingerprint density at radius 3 is 2.23 bits per heavy atom. The molecule has 4 nitrogen and oxygen atoms in total. The number of nitrogens with zero attached hydrogens (tertiary/aromatic N) is 1. The third-order valence-corrected chi connectivity index (χ3v) is 4.37. The molecule has 0 saturated heterocycles. The summed E-state index contributed by atoms with van der Waals surface area (Å²) in [5.74, 6) is 0.0829. The topological polar surface area (TPSA) is 38.8 Å². The summed E-state index contributed by atoms with van der Waals surface area (Å²) in [6, 6.07) is 0. The van der Waals surface area contributed by atoms with E-state index in [0.717, 1.165) is 44.5 Å². The summed E-state index contributed by atoms with van der Waals surface area (Å²) in [6.45, 7) is 12.2. The number of carbonyl (C=O) groups is 1. The average molecular weight is 311 g/mol. The lowest BCUT2D eigenvalue weighted by Crippen LogP contribution is -2.47. The number of hydrogen-bond acceptors (Lipinski definition) is 4. The second-order valence-electron chi connectivity index (χ2n) is 6.01. The monoisotopic (exact) mass is 311 g/mol. The van der Waals surface area contributed by atoms with Crippen LogP contribution < -0.4 is 0 Å². The maximum absolute atomic E-state index is 11.8. The SMILES string of the molecule is CCOC(C)OC1(/C(=C/C(C)=O)N(CC)CC)CCCCC1. The van der Waals surface area contributed by atoms with E-state index in [1.54, 1.807) is 13.0 Å². The third kappa shape index (κ3) is 5.10. The zero-order chi connectivity index (χ0) is 16.6. The fraction of sp³-hybridized carbons (Fsp3) is 0.833. The van der Waals surface area contributed by atoms with Gasteiger partial charge in [0, 0.05) is 31.5 Å². The summed E-state index contributed by atoms with van der Waals surface area (Å²) in [5, 5.41) is 0. The van der Waals surface area contributed by atoms with Gasteiger partial charge in [-0.25, -0.2) is 0 Å². The van der Waals surface area contributed by atoms with Gasteiger partial charge in [0.15, 0.2) is 12.1 Å². The maximum Gasteiger partial charge on any atom is 0.156 e. The molecule has 0 aromatic carbocycles.